The zero-order valence-electron chi connectivity index (χ0n) is 14.1. The van der Waals surface area contributed by atoms with E-state index in [1.54, 1.807) is 13.8 Å². The summed E-state index contributed by atoms with van der Waals surface area (Å²) in [6, 6.07) is 4.02. The van der Waals surface area contributed by atoms with E-state index >= 15 is 0 Å². The molecule has 1 amide bonds. The van der Waals surface area contributed by atoms with Crippen molar-refractivity contribution in [3.63, 3.8) is 0 Å². The molecule has 0 unspecified atom stereocenters. The molecule has 6 nitrogen and oxygen atoms in total. The van der Waals surface area contributed by atoms with Crippen LogP contribution in [0.2, 0.25) is 0 Å². The molecule has 1 aromatic carbocycles. The van der Waals surface area contributed by atoms with Gasteiger partial charge in [0.1, 0.15) is 16.8 Å². The first-order chi connectivity index (χ1) is 11.7. The van der Waals surface area contributed by atoms with Gasteiger partial charge in [0.05, 0.1) is 17.2 Å². The van der Waals surface area contributed by atoms with E-state index in [0.717, 1.165) is 17.1 Å². The summed E-state index contributed by atoms with van der Waals surface area (Å²) >= 11 is 1.46. The molecule has 25 heavy (non-hydrogen) atoms. The minimum absolute atomic E-state index is 0.202. The number of carbonyl (C=O) groups excluding carboxylic acids is 1. The normalized spacial score (nSPS) is 13.0. The van der Waals surface area contributed by atoms with Crippen LogP contribution >= 0.6 is 11.3 Å². The molecule has 1 aromatic heterocycles. The van der Waals surface area contributed by atoms with Crippen molar-refractivity contribution in [3.8, 4) is 0 Å². The Kier molecular flexibility index (Phi) is 6.26. The van der Waals surface area contributed by atoms with E-state index in [9.17, 15) is 17.6 Å². The van der Waals surface area contributed by atoms with Gasteiger partial charge in [0.25, 0.3) is 0 Å². The van der Waals surface area contributed by atoms with Crippen molar-refractivity contribution in [2.45, 2.75) is 38.3 Å². The predicted molar refractivity (Wildman–Crippen MR) is 94.0 cm³/mol. The minimum atomic E-state index is -4.16. The fourth-order valence-electron chi connectivity index (χ4n) is 2.16. The maximum atomic E-state index is 13.8. The molecular weight excluding hydrogens is 365 g/mol. The van der Waals surface area contributed by atoms with E-state index in [1.807, 2.05) is 12.3 Å². The van der Waals surface area contributed by atoms with Crippen LogP contribution in [0.3, 0.4) is 0 Å². The number of halogens is 1. The lowest BCUT2D eigenvalue weighted by molar-refractivity contribution is -0.123. The summed E-state index contributed by atoms with van der Waals surface area (Å²) in [6.07, 6.45) is 0. The number of carbonyl (C=O) groups is 1. The second-order valence-electron chi connectivity index (χ2n) is 5.85. The first kappa shape index (κ1) is 19.5. The average Bonchev–Trinajstić information content (AvgIpc) is 2.96. The molecule has 0 aliphatic heterocycles. The highest BCUT2D eigenvalue weighted by Crippen LogP contribution is 2.15. The fraction of sp³-hybridized carbons (Fsp3) is 0.375. The standard InChI is InChI=1S/C16H20FN3O3S2/c1-10(2)15(16(21)18-8-12-9-24-11(3)19-12)20-25(22,23)14-7-5-4-6-13(14)17/h4-7,9-10,15,20H,8H2,1-3H3,(H,18,21)/t15-/m0/s1. The number of rotatable bonds is 7. The second-order valence-corrected chi connectivity index (χ2v) is 8.59. The van der Waals surface area contributed by atoms with Gasteiger partial charge in [0, 0.05) is 5.38 Å². The number of hydrogen-bond donors (Lipinski definition) is 2. The van der Waals surface area contributed by atoms with Crippen LogP contribution in [-0.2, 0) is 21.4 Å². The van der Waals surface area contributed by atoms with Crippen molar-refractivity contribution in [2.75, 3.05) is 0 Å². The van der Waals surface area contributed by atoms with Gasteiger partial charge in [0.15, 0.2) is 0 Å². The Morgan fingerprint density at radius 2 is 2.00 bits per heavy atom. The smallest absolute Gasteiger partial charge is 0.244 e. The number of nitrogens with one attached hydrogen (secondary N) is 2. The van der Waals surface area contributed by atoms with E-state index in [0.29, 0.717) is 5.69 Å². The molecule has 2 rings (SSSR count). The maximum absolute atomic E-state index is 13.8. The Balaban J connectivity index is 2.12. The molecule has 2 aromatic rings. The van der Waals surface area contributed by atoms with Crippen molar-refractivity contribution in [1.29, 1.82) is 0 Å². The first-order valence-corrected chi connectivity index (χ1v) is 10.0. The van der Waals surface area contributed by atoms with Crippen LogP contribution < -0.4 is 10.0 Å². The molecule has 0 saturated carbocycles. The highest BCUT2D eigenvalue weighted by molar-refractivity contribution is 7.89. The molecule has 136 valence electrons. The summed E-state index contributed by atoms with van der Waals surface area (Å²) in [4.78, 5) is 16.2. The third-order valence-corrected chi connectivity index (χ3v) is 5.76. The van der Waals surface area contributed by atoms with E-state index in [-0.39, 0.29) is 12.5 Å². The number of thiazole rings is 1. The molecular formula is C16H20FN3O3S2. The van der Waals surface area contributed by atoms with Gasteiger partial charge in [-0.25, -0.2) is 17.8 Å². The number of sulfonamides is 1. The van der Waals surface area contributed by atoms with Gasteiger partial charge in [-0.15, -0.1) is 11.3 Å². The Bertz CT molecular complexity index is 850. The molecule has 0 aliphatic carbocycles. The molecule has 1 heterocycles. The van der Waals surface area contributed by atoms with Gasteiger partial charge in [0.2, 0.25) is 15.9 Å². The van der Waals surface area contributed by atoms with Crippen LogP contribution in [0.5, 0.6) is 0 Å². The van der Waals surface area contributed by atoms with E-state index in [2.05, 4.69) is 15.0 Å². The van der Waals surface area contributed by atoms with Gasteiger partial charge in [-0.2, -0.15) is 4.72 Å². The lowest BCUT2D eigenvalue weighted by atomic mass is 10.1. The lowest BCUT2D eigenvalue weighted by Gasteiger charge is -2.21. The van der Waals surface area contributed by atoms with Gasteiger partial charge >= 0.3 is 0 Å². The maximum Gasteiger partial charge on any atom is 0.244 e. The summed E-state index contributed by atoms with van der Waals surface area (Å²) in [7, 11) is -4.16. The van der Waals surface area contributed by atoms with Crippen LogP contribution in [0.1, 0.15) is 24.5 Å². The van der Waals surface area contributed by atoms with Crippen LogP contribution in [0.15, 0.2) is 34.5 Å². The zero-order chi connectivity index (χ0) is 18.6. The molecule has 2 N–H and O–H groups in total. The van der Waals surface area contributed by atoms with E-state index in [4.69, 9.17) is 0 Å². The third kappa shape index (κ3) is 5.07. The molecule has 9 heteroatoms. The van der Waals surface area contributed by atoms with Crippen molar-refractivity contribution >= 4 is 27.3 Å². The predicted octanol–water partition coefficient (Wildman–Crippen LogP) is 2.21. The third-order valence-electron chi connectivity index (χ3n) is 3.47. The average molecular weight is 385 g/mol. The number of aromatic nitrogens is 1. The number of nitrogens with zero attached hydrogens (tertiary/aromatic N) is 1. The van der Waals surface area contributed by atoms with Gasteiger partial charge < -0.3 is 5.32 Å². The first-order valence-electron chi connectivity index (χ1n) is 7.66. The van der Waals surface area contributed by atoms with Crippen molar-refractivity contribution < 1.29 is 17.6 Å². The summed E-state index contributed by atoms with van der Waals surface area (Å²) in [6.45, 7) is 5.48. The number of aryl methyl sites for hydroxylation is 1. The molecule has 0 aliphatic rings. The molecule has 0 spiro atoms. The summed E-state index contributed by atoms with van der Waals surface area (Å²) in [5, 5.41) is 5.37. The molecule has 0 radical (unpaired) electrons. The second kappa shape index (κ2) is 8.03. The summed E-state index contributed by atoms with van der Waals surface area (Å²) in [5.41, 5.74) is 0.704. The van der Waals surface area contributed by atoms with Crippen LogP contribution in [0.25, 0.3) is 0 Å². The fourth-order valence-corrected chi connectivity index (χ4v) is 4.20. The Labute approximate surface area is 150 Å². The topological polar surface area (TPSA) is 88.2 Å². The van der Waals surface area contributed by atoms with Crippen molar-refractivity contribution in [1.82, 2.24) is 15.0 Å². The largest absolute Gasteiger partial charge is 0.349 e. The quantitative estimate of drug-likeness (QED) is 0.765. The zero-order valence-corrected chi connectivity index (χ0v) is 15.7. The van der Waals surface area contributed by atoms with Crippen LogP contribution in [0, 0.1) is 18.7 Å². The Morgan fingerprint density at radius 1 is 1.32 bits per heavy atom. The summed E-state index contributed by atoms with van der Waals surface area (Å²) < 4.78 is 40.9. The number of hydrogen-bond acceptors (Lipinski definition) is 5. The van der Waals surface area contributed by atoms with Crippen LogP contribution in [-0.4, -0.2) is 25.4 Å². The van der Waals surface area contributed by atoms with E-state index < -0.39 is 32.7 Å². The van der Waals surface area contributed by atoms with Crippen molar-refractivity contribution in [2.24, 2.45) is 5.92 Å². The molecule has 0 fully saturated rings. The lowest BCUT2D eigenvalue weighted by Crippen LogP contribution is -2.49. The van der Waals surface area contributed by atoms with Gasteiger partial charge in [-0.05, 0) is 25.0 Å². The SMILES string of the molecule is Cc1nc(CNC(=O)[C@@H](NS(=O)(=O)c2ccccc2F)C(C)C)cs1. The highest BCUT2D eigenvalue weighted by Gasteiger charge is 2.29. The Morgan fingerprint density at radius 3 is 2.56 bits per heavy atom. The number of benzene rings is 1. The number of amides is 1. The van der Waals surface area contributed by atoms with Gasteiger partial charge in [-0.1, -0.05) is 26.0 Å². The van der Waals surface area contributed by atoms with E-state index in [1.165, 1.54) is 23.5 Å². The highest BCUT2D eigenvalue weighted by atomic mass is 32.2. The monoisotopic (exact) mass is 385 g/mol. The Hall–Kier alpha value is -1.84. The summed E-state index contributed by atoms with van der Waals surface area (Å²) in [5.74, 6) is -1.67. The van der Waals surface area contributed by atoms with Crippen LogP contribution in [0.4, 0.5) is 4.39 Å². The minimum Gasteiger partial charge on any atom is -0.349 e. The molecule has 0 bridgehead atoms. The molecule has 0 saturated heterocycles. The van der Waals surface area contributed by atoms with Gasteiger partial charge in [-0.3, -0.25) is 4.79 Å². The molecule has 1 atom stereocenters. The van der Waals surface area contributed by atoms with Crippen molar-refractivity contribution in [3.05, 3.63) is 46.2 Å².